The van der Waals surface area contributed by atoms with Gasteiger partial charge in [-0.1, -0.05) is 53.8 Å². The van der Waals surface area contributed by atoms with Gasteiger partial charge in [-0.15, -0.1) is 10.2 Å². The Bertz CT molecular complexity index is 1540. The molecule has 2 heterocycles. The van der Waals surface area contributed by atoms with Crippen molar-refractivity contribution in [3.8, 4) is 6.07 Å². The van der Waals surface area contributed by atoms with Crippen molar-refractivity contribution in [1.29, 1.82) is 5.26 Å². The number of benzene rings is 2. The van der Waals surface area contributed by atoms with Gasteiger partial charge in [0.1, 0.15) is 11.6 Å². The average Bonchev–Trinajstić information content (AvgIpc) is 3.39. The topological polar surface area (TPSA) is 118 Å². The van der Waals surface area contributed by atoms with Crippen molar-refractivity contribution in [2.75, 3.05) is 11.6 Å². The molecule has 0 aliphatic rings. The summed E-state index contributed by atoms with van der Waals surface area (Å²) >= 11 is 0.729. The molecule has 166 valence electrons. The molecule has 4 rings (SSSR count). The molecule has 1 amide bonds. The summed E-state index contributed by atoms with van der Waals surface area (Å²) in [5.41, 5.74) is 3.91. The maximum absolute atomic E-state index is 12.7. The molecular formula is C23H19N5O3S2. The Balaban J connectivity index is 1.67. The number of aromatic nitrogens is 3. The lowest BCUT2D eigenvalue weighted by atomic mass is 10.1. The number of carbonyl (C=O) groups excluding carboxylic acids is 1. The second-order valence-electron chi connectivity index (χ2n) is 7.43. The van der Waals surface area contributed by atoms with E-state index in [0.29, 0.717) is 6.54 Å². The van der Waals surface area contributed by atoms with Crippen LogP contribution in [0.1, 0.15) is 16.7 Å². The second kappa shape index (κ2) is 8.97. The summed E-state index contributed by atoms with van der Waals surface area (Å²) in [5, 5.41) is 20.2. The molecule has 8 nitrogen and oxygen atoms in total. The van der Waals surface area contributed by atoms with Gasteiger partial charge in [-0.25, -0.2) is 8.42 Å². The highest BCUT2D eigenvalue weighted by Gasteiger charge is 2.18. The smallest absolute Gasteiger partial charge is 0.268 e. The summed E-state index contributed by atoms with van der Waals surface area (Å²) in [6.45, 7) is 2.71. The summed E-state index contributed by atoms with van der Waals surface area (Å²) in [6, 6.07) is 17.8. The molecule has 0 aliphatic heterocycles. The van der Waals surface area contributed by atoms with E-state index in [4.69, 9.17) is 0 Å². The third-order valence-corrected chi connectivity index (χ3v) is 7.54. The maximum Gasteiger partial charge on any atom is 0.268 e. The van der Waals surface area contributed by atoms with Crippen molar-refractivity contribution in [2.45, 2.75) is 17.8 Å². The number of nitrogens with one attached hydrogen (secondary N) is 1. The highest BCUT2D eigenvalue weighted by atomic mass is 32.2. The maximum atomic E-state index is 12.7. The van der Waals surface area contributed by atoms with E-state index in [0.717, 1.165) is 34.1 Å². The highest BCUT2D eigenvalue weighted by Crippen LogP contribution is 2.26. The van der Waals surface area contributed by atoms with Crippen molar-refractivity contribution in [3.05, 3.63) is 77.0 Å². The third kappa shape index (κ3) is 4.84. The van der Waals surface area contributed by atoms with Crippen LogP contribution in [-0.2, 0) is 21.2 Å². The van der Waals surface area contributed by atoms with Crippen LogP contribution in [0, 0.1) is 18.3 Å². The first-order chi connectivity index (χ1) is 15.8. The molecule has 0 saturated heterocycles. The number of para-hydroxylation sites is 1. The molecule has 0 radical (unpaired) electrons. The summed E-state index contributed by atoms with van der Waals surface area (Å²) in [4.78, 5) is 12.7. The Labute approximate surface area is 194 Å². The molecule has 0 aliphatic carbocycles. The van der Waals surface area contributed by atoms with Gasteiger partial charge < -0.3 is 4.57 Å². The molecule has 0 fully saturated rings. The molecule has 4 aromatic rings. The molecule has 33 heavy (non-hydrogen) atoms. The summed E-state index contributed by atoms with van der Waals surface area (Å²) < 4.78 is 25.0. The number of nitrogens with zero attached hydrogens (tertiary/aromatic N) is 4. The van der Waals surface area contributed by atoms with Crippen LogP contribution in [0.2, 0.25) is 0 Å². The van der Waals surface area contributed by atoms with Crippen LogP contribution in [0.25, 0.3) is 17.0 Å². The Hall–Kier alpha value is -3.81. The van der Waals surface area contributed by atoms with Gasteiger partial charge in [0, 0.05) is 35.5 Å². The van der Waals surface area contributed by atoms with Gasteiger partial charge in [0.25, 0.3) is 5.91 Å². The first-order valence-corrected chi connectivity index (χ1v) is 12.6. The van der Waals surface area contributed by atoms with E-state index in [1.165, 1.54) is 17.2 Å². The minimum absolute atomic E-state index is 0.00329. The predicted octanol–water partition coefficient (Wildman–Crippen LogP) is 3.80. The van der Waals surface area contributed by atoms with Crippen molar-refractivity contribution in [2.24, 2.45) is 0 Å². The van der Waals surface area contributed by atoms with E-state index in [2.05, 4.69) is 39.1 Å². The van der Waals surface area contributed by atoms with Crippen LogP contribution in [0.4, 0.5) is 5.13 Å². The number of hydrogen-bond acceptors (Lipinski definition) is 7. The number of hydrogen-bond donors (Lipinski definition) is 1. The fourth-order valence-electron chi connectivity index (χ4n) is 3.37. The number of aryl methyl sites for hydroxylation is 1. The van der Waals surface area contributed by atoms with Crippen LogP contribution >= 0.6 is 11.3 Å². The summed E-state index contributed by atoms with van der Waals surface area (Å²) in [7, 11) is -3.53. The van der Waals surface area contributed by atoms with E-state index in [1.54, 1.807) is 0 Å². The highest BCUT2D eigenvalue weighted by molar-refractivity contribution is 7.92. The number of carbonyl (C=O) groups is 1. The number of fused-ring (bicyclic) bond motifs is 1. The van der Waals surface area contributed by atoms with Crippen LogP contribution in [0.5, 0.6) is 0 Å². The Morgan fingerprint density at radius 2 is 1.91 bits per heavy atom. The number of amides is 1. The Kier molecular flexibility index (Phi) is 6.09. The van der Waals surface area contributed by atoms with Gasteiger partial charge in [-0.3, -0.25) is 10.1 Å². The number of nitriles is 1. The minimum Gasteiger partial charge on any atom is -0.342 e. The molecule has 2 aromatic carbocycles. The Morgan fingerprint density at radius 1 is 1.18 bits per heavy atom. The van der Waals surface area contributed by atoms with E-state index < -0.39 is 15.7 Å². The van der Waals surface area contributed by atoms with Crippen LogP contribution in [0.3, 0.4) is 0 Å². The average molecular weight is 478 g/mol. The standard InChI is InChI=1S/C23H19N5O3S2/c1-15-7-3-4-8-16(15)13-28-14-18(19-9-5-6-10-20(19)28)11-17(12-24)21(29)25-22-26-27-23(32-22)33(2,30)31/h3-11,14H,13H2,1-2H3,(H,25,26,29). The van der Waals surface area contributed by atoms with Crippen molar-refractivity contribution >= 4 is 49.2 Å². The van der Waals surface area contributed by atoms with Crippen molar-refractivity contribution < 1.29 is 13.2 Å². The van der Waals surface area contributed by atoms with E-state index in [9.17, 15) is 18.5 Å². The summed E-state index contributed by atoms with van der Waals surface area (Å²) in [6.07, 6.45) is 4.44. The van der Waals surface area contributed by atoms with Crippen LogP contribution in [-0.4, -0.2) is 35.3 Å². The van der Waals surface area contributed by atoms with Gasteiger partial charge in [0.15, 0.2) is 0 Å². The van der Waals surface area contributed by atoms with Crippen molar-refractivity contribution in [1.82, 2.24) is 14.8 Å². The van der Waals surface area contributed by atoms with Crippen LogP contribution in [0.15, 0.2) is 64.6 Å². The molecule has 2 aromatic heterocycles. The minimum atomic E-state index is -3.53. The van der Waals surface area contributed by atoms with E-state index in [-0.39, 0.29) is 15.0 Å². The molecule has 0 bridgehead atoms. The zero-order valence-corrected chi connectivity index (χ0v) is 19.4. The van der Waals surface area contributed by atoms with E-state index >= 15 is 0 Å². The normalized spacial score (nSPS) is 12.0. The fourth-order valence-corrected chi connectivity index (χ4v) is 4.87. The molecule has 0 atom stereocenters. The zero-order chi connectivity index (χ0) is 23.6. The monoisotopic (exact) mass is 477 g/mol. The van der Waals surface area contributed by atoms with Gasteiger partial charge in [-0.2, -0.15) is 5.26 Å². The first kappa shape index (κ1) is 22.4. The lowest BCUT2D eigenvalue weighted by Gasteiger charge is -2.08. The molecule has 1 N–H and O–H groups in total. The van der Waals surface area contributed by atoms with Gasteiger partial charge in [-0.05, 0) is 30.2 Å². The molecule has 10 heteroatoms. The number of rotatable bonds is 6. The second-order valence-corrected chi connectivity index (χ2v) is 10.6. The van der Waals surface area contributed by atoms with Crippen molar-refractivity contribution in [3.63, 3.8) is 0 Å². The predicted molar refractivity (Wildman–Crippen MR) is 127 cm³/mol. The quantitative estimate of drug-likeness (QED) is 0.256. The lowest BCUT2D eigenvalue weighted by Crippen LogP contribution is -2.13. The lowest BCUT2D eigenvalue weighted by molar-refractivity contribution is -0.112. The fraction of sp³-hybridized carbons (Fsp3) is 0.130. The van der Waals surface area contributed by atoms with Gasteiger partial charge in [0.05, 0.1) is 0 Å². The first-order valence-electron chi connectivity index (χ1n) is 9.85. The summed E-state index contributed by atoms with van der Waals surface area (Å²) in [5.74, 6) is -0.690. The van der Waals surface area contributed by atoms with Gasteiger partial charge in [0.2, 0.25) is 19.3 Å². The molecule has 0 spiro atoms. The molecule has 0 unspecified atom stereocenters. The van der Waals surface area contributed by atoms with E-state index in [1.807, 2.05) is 48.7 Å². The zero-order valence-electron chi connectivity index (χ0n) is 17.8. The third-order valence-electron chi connectivity index (χ3n) is 5.03. The van der Waals surface area contributed by atoms with Crippen LogP contribution < -0.4 is 5.32 Å². The Morgan fingerprint density at radius 3 is 2.61 bits per heavy atom. The SMILES string of the molecule is Cc1ccccc1Cn1cc(C=C(C#N)C(=O)Nc2nnc(S(C)(=O)=O)s2)c2ccccc21. The van der Waals surface area contributed by atoms with Gasteiger partial charge >= 0.3 is 0 Å². The molecule has 0 saturated carbocycles. The molecular weight excluding hydrogens is 458 g/mol. The largest absolute Gasteiger partial charge is 0.342 e. The number of anilines is 1. The number of sulfone groups is 1.